The summed E-state index contributed by atoms with van der Waals surface area (Å²) in [5.41, 5.74) is 2.99. The molecule has 0 saturated heterocycles. The third-order valence-corrected chi connectivity index (χ3v) is 4.69. The number of nitrogens with one attached hydrogen (secondary N) is 1. The molecule has 1 amide bonds. The molecule has 0 aliphatic heterocycles. The Morgan fingerprint density at radius 3 is 2.64 bits per heavy atom. The highest BCUT2D eigenvalue weighted by molar-refractivity contribution is 7.07. The molecular weight excluding hydrogens is 334 g/mol. The maximum absolute atomic E-state index is 12.6. The van der Waals surface area contributed by atoms with Crippen molar-refractivity contribution in [2.45, 2.75) is 13.0 Å². The van der Waals surface area contributed by atoms with Gasteiger partial charge in [-0.25, -0.2) is 0 Å². The first kappa shape index (κ1) is 17.3. The van der Waals surface area contributed by atoms with Gasteiger partial charge in [-0.3, -0.25) is 4.79 Å². The summed E-state index contributed by atoms with van der Waals surface area (Å²) >= 11 is 1.65. The first-order valence-electron chi connectivity index (χ1n) is 8.02. The molecule has 0 bridgehead atoms. The summed E-state index contributed by atoms with van der Waals surface area (Å²) in [5.74, 6) is -0.207. The lowest BCUT2D eigenvalue weighted by atomic mass is 10.1. The normalized spacial score (nSPS) is 12.3. The Kier molecular flexibility index (Phi) is 5.25. The number of amides is 1. The Labute approximate surface area is 151 Å². The molecule has 0 aliphatic rings. The van der Waals surface area contributed by atoms with E-state index in [0.717, 1.165) is 5.69 Å². The maximum Gasteiger partial charge on any atom is 0.273 e. The lowest BCUT2D eigenvalue weighted by Gasteiger charge is -2.23. The van der Waals surface area contributed by atoms with E-state index < -0.39 is 0 Å². The van der Waals surface area contributed by atoms with Gasteiger partial charge in [0.25, 0.3) is 5.91 Å². The predicted molar refractivity (Wildman–Crippen MR) is 99.2 cm³/mol. The Morgan fingerprint density at radius 1 is 1.24 bits per heavy atom. The van der Waals surface area contributed by atoms with Crippen LogP contribution in [0.15, 0.2) is 47.2 Å². The van der Waals surface area contributed by atoms with Crippen LogP contribution in [0.5, 0.6) is 0 Å². The number of aryl methyl sites for hydroxylation is 1. The number of carbonyl (C=O) groups excluding carboxylic acids is 1. The lowest BCUT2D eigenvalue weighted by molar-refractivity contribution is 0.0936. The van der Waals surface area contributed by atoms with E-state index in [1.165, 1.54) is 10.4 Å². The molecule has 1 N–H and O–H groups in total. The fraction of sp³-hybridized carbons (Fsp3) is 0.278. The number of hydrogen-bond donors (Lipinski definition) is 1. The first-order chi connectivity index (χ1) is 12.1. The Hall–Kier alpha value is -2.51. The van der Waals surface area contributed by atoms with E-state index in [2.05, 4.69) is 31.9 Å². The van der Waals surface area contributed by atoms with Gasteiger partial charge >= 0.3 is 0 Å². The van der Waals surface area contributed by atoms with Crippen LogP contribution in [0.2, 0.25) is 0 Å². The molecule has 3 aromatic rings. The van der Waals surface area contributed by atoms with Gasteiger partial charge in [0.05, 0.1) is 17.4 Å². The average Bonchev–Trinajstić information content (AvgIpc) is 3.25. The lowest BCUT2D eigenvalue weighted by Crippen LogP contribution is -2.34. The summed E-state index contributed by atoms with van der Waals surface area (Å²) in [6.45, 7) is 2.31. The van der Waals surface area contributed by atoms with Crippen LogP contribution in [-0.2, 0) is 0 Å². The zero-order valence-corrected chi connectivity index (χ0v) is 15.3. The minimum Gasteiger partial charge on any atom is -0.349 e. The summed E-state index contributed by atoms with van der Waals surface area (Å²) in [5, 5.41) is 15.8. The highest BCUT2D eigenvalue weighted by atomic mass is 32.1. The Morgan fingerprint density at radius 2 is 2.00 bits per heavy atom. The molecule has 25 heavy (non-hydrogen) atoms. The molecule has 0 aliphatic carbocycles. The molecule has 0 fully saturated rings. The maximum atomic E-state index is 12.6. The van der Waals surface area contributed by atoms with Crippen molar-refractivity contribution in [3.05, 3.63) is 64.1 Å². The van der Waals surface area contributed by atoms with Crippen LogP contribution in [0.4, 0.5) is 0 Å². The van der Waals surface area contributed by atoms with E-state index in [0.29, 0.717) is 17.9 Å². The monoisotopic (exact) mass is 355 g/mol. The molecule has 3 rings (SSSR count). The SMILES string of the molecule is Cc1nn(-c2ccccc2)nc1C(=O)NC[C@@H](c1ccsc1)N(C)C. The Balaban J connectivity index is 1.72. The van der Waals surface area contributed by atoms with E-state index in [1.807, 2.05) is 49.8 Å². The van der Waals surface area contributed by atoms with Gasteiger partial charge in [-0.15, -0.1) is 5.10 Å². The second-order valence-electron chi connectivity index (χ2n) is 6.01. The molecule has 0 spiro atoms. The number of benzene rings is 1. The molecule has 130 valence electrons. The smallest absolute Gasteiger partial charge is 0.273 e. The number of likely N-dealkylation sites (N-methyl/N-ethyl adjacent to an activating group) is 1. The third kappa shape index (κ3) is 3.94. The van der Waals surface area contributed by atoms with Crippen molar-refractivity contribution in [1.82, 2.24) is 25.2 Å². The predicted octanol–water partition coefficient (Wildman–Crippen LogP) is 2.67. The van der Waals surface area contributed by atoms with Crippen LogP contribution in [0.25, 0.3) is 5.69 Å². The van der Waals surface area contributed by atoms with Crippen LogP contribution in [-0.4, -0.2) is 46.4 Å². The van der Waals surface area contributed by atoms with Gasteiger partial charge in [-0.05, 0) is 55.5 Å². The standard InChI is InChI=1S/C18H21N5OS/c1-13-17(21-23(20-13)15-7-5-4-6-8-15)18(24)19-11-16(22(2)3)14-9-10-25-12-14/h4-10,12,16H,11H2,1-3H3,(H,19,24)/t16-/m0/s1. The van der Waals surface area contributed by atoms with Crippen LogP contribution in [0.3, 0.4) is 0 Å². The minimum atomic E-state index is -0.207. The number of para-hydroxylation sites is 1. The van der Waals surface area contributed by atoms with Gasteiger partial charge < -0.3 is 10.2 Å². The summed E-state index contributed by atoms with van der Waals surface area (Å²) in [6.07, 6.45) is 0. The third-order valence-electron chi connectivity index (χ3n) is 3.99. The van der Waals surface area contributed by atoms with Gasteiger partial charge in [0.1, 0.15) is 0 Å². The van der Waals surface area contributed by atoms with Crippen molar-refractivity contribution >= 4 is 17.2 Å². The van der Waals surface area contributed by atoms with Gasteiger partial charge in [0, 0.05) is 6.54 Å². The van der Waals surface area contributed by atoms with E-state index in [1.54, 1.807) is 18.3 Å². The fourth-order valence-corrected chi connectivity index (χ4v) is 3.31. The highest BCUT2D eigenvalue weighted by Crippen LogP contribution is 2.20. The zero-order valence-electron chi connectivity index (χ0n) is 14.5. The molecule has 1 aromatic carbocycles. The number of rotatable bonds is 6. The molecule has 2 aromatic heterocycles. The van der Waals surface area contributed by atoms with Gasteiger partial charge in [-0.1, -0.05) is 18.2 Å². The van der Waals surface area contributed by atoms with Crippen molar-refractivity contribution in [1.29, 1.82) is 0 Å². The number of carbonyl (C=O) groups is 1. The molecule has 0 unspecified atom stereocenters. The van der Waals surface area contributed by atoms with E-state index in [-0.39, 0.29) is 11.9 Å². The molecule has 0 radical (unpaired) electrons. The van der Waals surface area contributed by atoms with Crippen LogP contribution < -0.4 is 5.32 Å². The van der Waals surface area contributed by atoms with Crippen LogP contribution in [0, 0.1) is 6.92 Å². The second kappa shape index (κ2) is 7.58. The number of thiophene rings is 1. The number of aromatic nitrogens is 3. The highest BCUT2D eigenvalue weighted by Gasteiger charge is 2.20. The molecule has 7 heteroatoms. The van der Waals surface area contributed by atoms with Crippen molar-refractivity contribution < 1.29 is 4.79 Å². The van der Waals surface area contributed by atoms with E-state index in [9.17, 15) is 4.79 Å². The van der Waals surface area contributed by atoms with E-state index >= 15 is 0 Å². The molecular formula is C18H21N5OS. The summed E-state index contributed by atoms with van der Waals surface area (Å²) in [7, 11) is 4.01. The largest absolute Gasteiger partial charge is 0.349 e. The summed E-state index contributed by atoms with van der Waals surface area (Å²) in [6, 6.07) is 11.8. The molecule has 2 heterocycles. The summed E-state index contributed by atoms with van der Waals surface area (Å²) in [4.78, 5) is 16.1. The fourth-order valence-electron chi connectivity index (χ4n) is 2.60. The minimum absolute atomic E-state index is 0.125. The van der Waals surface area contributed by atoms with Gasteiger partial charge in [-0.2, -0.15) is 21.2 Å². The van der Waals surface area contributed by atoms with Gasteiger partial charge in [0.2, 0.25) is 0 Å². The topological polar surface area (TPSA) is 63.1 Å². The molecule has 1 atom stereocenters. The van der Waals surface area contributed by atoms with Crippen molar-refractivity contribution in [3.8, 4) is 5.69 Å². The van der Waals surface area contributed by atoms with Crippen LogP contribution >= 0.6 is 11.3 Å². The second-order valence-corrected chi connectivity index (χ2v) is 6.79. The van der Waals surface area contributed by atoms with Crippen molar-refractivity contribution in [2.75, 3.05) is 20.6 Å². The quantitative estimate of drug-likeness (QED) is 0.738. The summed E-state index contributed by atoms with van der Waals surface area (Å²) < 4.78 is 0. The Bertz CT molecular complexity index is 827. The van der Waals surface area contributed by atoms with Crippen molar-refractivity contribution in [2.24, 2.45) is 0 Å². The zero-order chi connectivity index (χ0) is 17.8. The van der Waals surface area contributed by atoms with Gasteiger partial charge in [0.15, 0.2) is 5.69 Å². The van der Waals surface area contributed by atoms with E-state index in [4.69, 9.17) is 0 Å². The molecule has 0 saturated carbocycles. The van der Waals surface area contributed by atoms with Crippen LogP contribution in [0.1, 0.15) is 27.8 Å². The number of hydrogen-bond acceptors (Lipinski definition) is 5. The average molecular weight is 355 g/mol. The number of nitrogens with zero attached hydrogens (tertiary/aromatic N) is 4. The first-order valence-corrected chi connectivity index (χ1v) is 8.96. The molecule has 6 nitrogen and oxygen atoms in total. The van der Waals surface area contributed by atoms with Crippen molar-refractivity contribution in [3.63, 3.8) is 0 Å².